The molecule has 0 aliphatic heterocycles. The molecule has 1 heterocycles. The lowest BCUT2D eigenvalue weighted by Gasteiger charge is -2.10. The third kappa shape index (κ3) is 3.58. The highest BCUT2D eigenvalue weighted by molar-refractivity contribution is 5.88. The highest BCUT2D eigenvalue weighted by atomic mass is 19.1. The Kier molecular flexibility index (Phi) is 4.35. The fourth-order valence-electron chi connectivity index (χ4n) is 2.07. The maximum atomic E-state index is 14.0. The standard InChI is InChI=1S/C19H13FO5/c1-11(2)19(22)25-13-3-5-15(20)18(10-13)24-12-4-6-17-14(9-12)16(21)7-8-23-17/h3-10H,1H2,2H3. The van der Waals surface area contributed by atoms with Crippen molar-refractivity contribution in [1.29, 1.82) is 0 Å². The van der Waals surface area contributed by atoms with Crippen molar-refractivity contribution in [3.8, 4) is 17.2 Å². The molecule has 6 heteroatoms. The third-order valence-electron chi connectivity index (χ3n) is 3.32. The molecular weight excluding hydrogens is 327 g/mol. The molecule has 0 saturated carbocycles. The van der Waals surface area contributed by atoms with E-state index < -0.39 is 11.8 Å². The first kappa shape index (κ1) is 16.4. The topological polar surface area (TPSA) is 65.7 Å². The van der Waals surface area contributed by atoms with E-state index >= 15 is 0 Å². The summed E-state index contributed by atoms with van der Waals surface area (Å²) in [6, 6.07) is 9.49. The van der Waals surface area contributed by atoms with E-state index in [-0.39, 0.29) is 28.3 Å². The van der Waals surface area contributed by atoms with Crippen LogP contribution in [0, 0.1) is 5.82 Å². The zero-order valence-electron chi connectivity index (χ0n) is 13.2. The molecule has 3 rings (SSSR count). The fourth-order valence-corrected chi connectivity index (χ4v) is 2.07. The van der Waals surface area contributed by atoms with Crippen LogP contribution in [0.25, 0.3) is 11.0 Å². The van der Waals surface area contributed by atoms with Gasteiger partial charge in [0.1, 0.15) is 17.1 Å². The van der Waals surface area contributed by atoms with Gasteiger partial charge in [0.15, 0.2) is 17.0 Å². The van der Waals surface area contributed by atoms with E-state index in [1.165, 1.54) is 43.5 Å². The van der Waals surface area contributed by atoms with Gasteiger partial charge in [-0.2, -0.15) is 0 Å². The van der Waals surface area contributed by atoms with E-state index in [0.717, 1.165) is 6.07 Å². The van der Waals surface area contributed by atoms with E-state index in [1.54, 1.807) is 6.07 Å². The Balaban J connectivity index is 1.92. The second-order valence-corrected chi connectivity index (χ2v) is 5.31. The Bertz CT molecular complexity index is 1040. The van der Waals surface area contributed by atoms with Gasteiger partial charge in [0.2, 0.25) is 0 Å². The van der Waals surface area contributed by atoms with Crippen LogP contribution in [0.15, 0.2) is 70.1 Å². The average Bonchev–Trinajstić information content (AvgIpc) is 2.58. The number of carbonyl (C=O) groups is 1. The van der Waals surface area contributed by atoms with Crippen molar-refractivity contribution in [1.82, 2.24) is 0 Å². The van der Waals surface area contributed by atoms with Gasteiger partial charge in [-0.05, 0) is 37.3 Å². The number of fused-ring (bicyclic) bond motifs is 1. The molecule has 25 heavy (non-hydrogen) atoms. The predicted molar refractivity (Wildman–Crippen MR) is 89.4 cm³/mol. The smallest absolute Gasteiger partial charge is 0.338 e. The molecule has 3 aromatic rings. The summed E-state index contributed by atoms with van der Waals surface area (Å²) in [6.07, 6.45) is 1.30. The van der Waals surface area contributed by atoms with Crippen molar-refractivity contribution in [3.63, 3.8) is 0 Å². The SMILES string of the molecule is C=C(C)C(=O)Oc1ccc(F)c(Oc2ccc3occc(=O)c3c2)c1. The van der Waals surface area contributed by atoms with Gasteiger partial charge in [0.25, 0.3) is 0 Å². The van der Waals surface area contributed by atoms with E-state index in [0.29, 0.717) is 11.0 Å². The van der Waals surface area contributed by atoms with Crippen LogP contribution < -0.4 is 14.9 Å². The number of carbonyl (C=O) groups excluding carboxylic acids is 1. The number of rotatable bonds is 4. The first-order chi connectivity index (χ1) is 11.9. The number of ether oxygens (including phenoxy) is 2. The zero-order chi connectivity index (χ0) is 18.0. The molecule has 0 spiro atoms. The number of benzene rings is 2. The lowest BCUT2D eigenvalue weighted by Crippen LogP contribution is -2.08. The van der Waals surface area contributed by atoms with E-state index in [4.69, 9.17) is 13.9 Å². The van der Waals surface area contributed by atoms with Crippen molar-refractivity contribution >= 4 is 16.9 Å². The predicted octanol–water partition coefficient (Wildman–Crippen LogP) is 4.21. The van der Waals surface area contributed by atoms with Crippen LogP contribution in [0.5, 0.6) is 17.2 Å². The average molecular weight is 340 g/mol. The molecule has 0 aliphatic rings. The molecule has 0 radical (unpaired) electrons. The Morgan fingerprint density at radius 2 is 1.88 bits per heavy atom. The van der Waals surface area contributed by atoms with Crippen LogP contribution in [0.4, 0.5) is 4.39 Å². The second-order valence-electron chi connectivity index (χ2n) is 5.31. The van der Waals surface area contributed by atoms with Crippen LogP contribution in [-0.2, 0) is 4.79 Å². The third-order valence-corrected chi connectivity index (χ3v) is 3.32. The molecule has 0 aliphatic carbocycles. The molecule has 0 unspecified atom stereocenters. The minimum absolute atomic E-state index is 0.115. The number of hydrogen-bond acceptors (Lipinski definition) is 5. The minimum atomic E-state index is -0.643. The summed E-state index contributed by atoms with van der Waals surface area (Å²) >= 11 is 0. The maximum Gasteiger partial charge on any atom is 0.338 e. The van der Waals surface area contributed by atoms with Crippen molar-refractivity contribution in [3.05, 3.63) is 76.9 Å². The van der Waals surface area contributed by atoms with Gasteiger partial charge >= 0.3 is 5.97 Å². The molecule has 126 valence electrons. The summed E-state index contributed by atoms with van der Waals surface area (Å²) in [7, 11) is 0. The molecule has 0 saturated heterocycles. The number of halogens is 1. The van der Waals surface area contributed by atoms with Gasteiger partial charge in [0.05, 0.1) is 11.6 Å². The van der Waals surface area contributed by atoms with Crippen molar-refractivity contribution in [2.24, 2.45) is 0 Å². The Morgan fingerprint density at radius 3 is 2.64 bits per heavy atom. The Labute approximate surface area is 141 Å². The molecule has 2 aromatic carbocycles. The van der Waals surface area contributed by atoms with Crippen LogP contribution in [0.3, 0.4) is 0 Å². The maximum absolute atomic E-state index is 14.0. The van der Waals surface area contributed by atoms with Crippen LogP contribution >= 0.6 is 0 Å². The molecule has 0 atom stereocenters. The largest absolute Gasteiger partial charge is 0.464 e. The van der Waals surface area contributed by atoms with Crippen LogP contribution in [-0.4, -0.2) is 5.97 Å². The lowest BCUT2D eigenvalue weighted by atomic mass is 10.2. The first-order valence-electron chi connectivity index (χ1n) is 7.31. The summed E-state index contributed by atoms with van der Waals surface area (Å²) in [5, 5.41) is 0.310. The van der Waals surface area contributed by atoms with Crippen molar-refractivity contribution in [2.75, 3.05) is 0 Å². The Morgan fingerprint density at radius 1 is 1.12 bits per heavy atom. The summed E-state index contributed by atoms with van der Waals surface area (Å²) in [5.41, 5.74) is 0.369. The Hall–Kier alpha value is -3.41. The minimum Gasteiger partial charge on any atom is -0.464 e. The van der Waals surface area contributed by atoms with Gasteiger partial charge in [-0.25, -0.2) is 9.18 Å². The van der Waals surface area contributed by atoms with Gasteiger partial charge < -0.3 is 13.9 Å². The highest BCUT2D eigenvalue weighted by Gasteiger charge is 2.11. The summed E-state index contributed by atoms with van der Waals surface area (Å²) < 4.78 is 29.7. The number of hydrogen-bond donors (Lipinski definition) is 0. The van der Waals surface area contributed by atoms with E-state index in [9.17, 15) is 14.0 Å². The van der Waals surface area contributed by atoms with E-state index in [2.05, 4.69) is 6.58 Å². The zero-order valence-corrected chi connectivity index (χ0v) is 13.2. The summed E-state index contributed by atoms with van der Waals surface area (Å²) in [4.78, 5) is 23.4. The van der Waals surface area contributed by atoms with Gasteiger partial charge in [-0.3, -0.25) is 4.79 Å². The fraction of sp³-hybridized carbons (Fsp3) is 0.0526. The molecule has 0 fully saturated rings. The van der Waals surface area contributed by atoms with Crippen LogP contribution in [0.2, 0.25) is 0 Å². The summed E-state index contributed by atoms with van der Waals surface area (Å²) in [5.74, 6) is -1.05. The monoisotopic (exact) mass is 340 g/mol. The molecule has 1 aromatic heterocycles. The van der Waals surface area contributed by atoms with Crippen LogP contribution in [0.1, 0.15) is 6.92 Å². The van der Waals surface area contributed by atoms with Gasteiger partial charge in [0, 0.05) is 17.7 Å². The highest BCUT2D eigenvalue weighted by Crippen LogP contribution is 2.30. The van der Waals surface area contributed by atoms with Gasteiger partial charge in [-0.15, -0.1) is 0 Å². The quantitative estimate of drug-likeness (QED) is 0.404. The second kappa shape index (κ2) is 6.60. The summed E-state index contributed by atoms with van der Waals surface area (Å²) in [6.45, 7) is 4.98. The molecule has 0 amide bonds. The molecule has 5 nitrogen and oxygen atoms in total. The number of esters is 1. The van der Waals surface area contributed by atoms with Crippen molar-refractivity contribution in [2.45, 2.75) is 6.92 Å². The lowest BCUT2D eigenvalue weighted by molar-refractivity contribution is -0.130. The molecule has 0 bridgehead atoms. The van der Waals surface area contributed by atoms with Gasteiger partial charge in [-0.1, -0.05) is 6.58 Å². The van der Waals surface area contributed by atoms with Crippen molar-refractivity contribution < 1.29 is 23.1 Å². The normalized spacial score (nSPS) is 10.5. The first-order valence-corrected chi connectivity index (χ1v) is 7.31. The van der Waals surface area contributed by atoms with E-state index in [1.807, 2.05) is 0 Å². The molecular formula is C19H13FO5. The molecule has 0 N–H and O–H groups in total.